The number of hydrogen-bond donors (Lipinski definition) is 1. The fourth-order valence-corrected chi connectivity index (χ4v) is 3.39. The molecule has 1 aliphatic carbocycles. The van der Waals surface area contributed by atoms with Crippen molar-refractivity contribution in [1.82, 2.24) is 10.2 Å². The second kappa shape index (κ2) is 7.39. The molecule has 0 saturated heterocycles. The number of furan rings is 1. The molecule has 3 aromatic rings. The van der Waals surface area contributed by atoms with E-state index < -0.39 is 12.3 Å². The molecule has 0 amide bonds. The van der Waals surface area contributed by atoms with Gasteiger partial charge in [-0.3, -0.25) is 0 Å². The van der Waals surface area contributed by atoms with Crippen LogP contribution >= 0.6 is 0 Å². The van der Waals surface area contributed by atoms with Gasteiger partial charge in [-0.1, -0.05) is 12.5 Å². The number of aromatic hydroxyl groups is 1. The Bertz CT molecular complexity index is 923. The number of benzene rings is 1. The highest BCUT2D eigenvalue weighted by atomic mass is 19.1. The molecule has 0 radical (unpaired) electrons. The van der Waals surface area contributed by atoms with Crippen LogP contribution in [-0.2, 0) is 0 Å². The van der Waals surface area contributed by atoms with E-state index in [1.165, 1.54) is 0 Å². The topological polar surface area (TPSA) is 68.4 Å². The highest BCUT2D eigenvalue weighted by Gasteiger charge is 2.26. The number of aromatic nitrogens is 2. The molecule has 6 heteroatoms. The second-order valence-corrected chi connectivity index (χ2v) is 6.89. The molecule has 1 N–H and O–H groups in total. The quantitative estimate of drug-likeness (QED) is 0.696. The van der Waals surface area contributed by atoms with Crippen LogP contribution in [-0.4, -0.2) is 27.6 Å². The Balaban J connectivity index is 1.51. The maximum Gasteiger partial charge on any atom is 0.233 e. The average molecular weight is 368 g/mol. The first-order valence-corrected chi connectivity index (χ1v) is 9.13. The van der Waals surface area contributed by atoms with Gasteiger partial charge in [0.1, 0.15) is 23.8 Å². The number of hydrogen-bond acceptors (Lipinski definition) is 5. The lowest BCUT2D eigenvalue weighted by Crippen LogP contribution is -2.32. The van der Waals surface area contributed by atoms with E-state index in [1.54, 1.807) is 30.5 Å². The van der Waals surface area contributed by atoms with E-state index in [-0.39, 0.29) is 5.75 Å². The van der Waals surface area contributed by atoms with Crippen LogP contribution < -0.4 is 4.74 Å². The average Bonchev–Trinajstić information content (AvgIpc) is 3.11. The smallest absolute Gasteiger partial charge is 0.233 e. The molecule has 1 saturated carbocycles. The zero-order valence-corrected chi connectivity index (χ0v) is 15.1. The number of alkyl halides is 1. The number of phenolic OH excluding ortho intramolecular Hbond substituents is 1. The second-order valence-electron chi connectivity index (χ2n) is 6.89. The van der Waals surface area contributed by atoms with Crippen molar-refractivity contribution in [1.29, 1.82) is 0 Å². The summed E-state index contributed by atoms with van der Waals surface area (Å²) in [5.41, 5.74) is 2.85. The summed E-state index contributed by atoms with van der Waals surface area (Å²) in [6.07, 6.45) is 3.34. The Kier molecular flexibility index (Phi) is 4.79. The van der Waals surface area contributed by atoms with Gasteiger partial charge in [-0.15, -0.1) is 10.2 Å². The van der Waals surface area contributed by atoms with E-state index in [0.717, 1.165) is 29.7 Å². The van der Waals surface area contributed by atoms with Crippen LogP contribution in [0.25, 0.3) is 22.4 Å². The summed E-state index contributed by atoms with van der Waals surface area (Å²) >= 11 is 0. The minimum absolute atomic E-state index is 0.102. The summed E-state index contributed by atoms with van der Waals surface area (Å²) < 4.78 is 24.9. The van der Waals surface area contributed by atoms with Crippen LogP contribution in [0.15, 0.2) is 47.1 Å². The maximum atomic E-state index is 13.9. The van der Waals surface area contributed by atoms with Crippen LogP contribution in [0.1, 0.15) is 31.4 Å². The van der Waals surface area contributed by atoms with E-state index in [9.17, 15) is 9.50 Å². The van der Waals surface area contributed by atoms with Crippen molar-refractivity contribution in [3.63, 3.8) is 0 Å². The molecule has 1 aliphatic rings. The Morgan fingerprint density at radius 1 is 1.07 bits per heavy atom. The predicted octanol–water partition coefficient (Wildman–Crippen LogP) is 5.08. The highest BCUT2D eigenvalue weighted by Crippen LogP contribution is 2.33. The van der Waals surface area contributed by atoms with Gasteiger partial charge < -0.3 is 14.3 Å². The van der Waals surface area contributed by atoms with Gasteiger partial charge in [-0.05, 0) is 56.0 Å². The number of nitrogens with zero attached hydrogens (tertiary/aromatic N) is 2. The van der Waals surface area contributed by atoms with Crippen LogP contribution in [0.4, 0.5) is 4.39 Å². The molecular formula is C21H21FN2O3. The van der Waals surface area contributed by atoms with Gasteiger partial charge in [0.2, 0.25) is 5.88 Å². The van der Waals surface area contributed by atoms with E-state index in [0.29, 0.717) is 30.0 Å². The predicted molar refractivity (Wildman–Crippen MR) is 99.4 cm³/mol. The van der Waals surface area contributed by atoms with Gasteiger partial charge in [-0.25, -0.2) is 4.39 Å². The van der Waals surface area contributed by atoms with E-state index >= 15 is 0 Å². The Morgan fingerprint density at radius 2 is 1.93 bits per heavy atom. The summed E-state index contributed by atoms with van der Waals surface area (Å²) in [5, 5.41) is 18.6. The van der Waals surface area contributed by atoms with E-state index in [4.69, 9.17) is 9.15 Å². The van der Waals surface area contributed by atoms with E-state index in [2.05, 4.69) is 10.2 Å². The molecule has 0 spiro atoms. The molecular weight excluding hydrogens is 347 g/mol. The summed E-state index contributed by atoms with van der Waals surface area (Å²) in [4.78, 5) is 0. The Labute approximate surface area is 156 Å². The summed E-state index contributed by atoms with van der Waals surface area (Å²) in [6, 6.07) is 10.6. The van der Waals surface area contributed by atoms with Crippen molar-refractivity contribution in [2.45, 2.75) is 44.9 Å². The first-order chi connectivity index (χ1) is 13.1. The largest absolute Gasteiger partial charge is 0.507 e. The monoisotopic (exact) mass is 368 g/mol. The van der Waals surface area contributed by atoms with Gasteiger partial charge in [0.05, 0.1) is 12.0 Å². The molecule has 0 unspecified atom stereocenters. The molecule has 2 atom stereocenters. The third-order valence-electron chi connectivity index (χ3n) is 4.87. The van der Waals surface area contributed by atoms with Crippen molar-refractivity contribution < 1.29 is 18.7 Å². The lowest BCUT2D eigenvalue weighted by molar-refractivity contribution is 0.0594. The zero-order chi connectivity index (χ0) is 18.8. The van der Waals surface area contributed by atoms with Crippen LogP contribution in [0, 0.1) is 6.92 Å². The molecule has 1 fully saturated rings. The molecule has 0 aliphatic heterocycles. The molecule has 2 aromatic heterocycles. The third kappa shape index (κ3) is 3.79. The lowest BCUT2D eigenvalue weighted by Gasteiger charge is -2.25. The fourth-order valence-electron chi connectivity index (χ4n) is 3.39. The van der Waals surface area contributed by atoms with Gasteiger partial charge in [0.25, 0.3) is 0 Å². The Hall–Kier alpha value is -2.89. The highest BCUT2D eigenvalue weighted by molar-refractivity contribution is 5.74. The third-order valence-corrected chi connectivity index (χ3v) is 4.87. The van der Waals surface area contributed by atoms with Crippen LogP contribution in [0.5, 0.6) is 11.6 Å². The summed E-state index contributed by atoms with van der Waals surface area (Å²) in [6.45, 7) is 1.87. The van der Waals surface area contributed by atoms with Gasteiger partial charge in [-0.2, -0.15) is 0 Å². The molecule has 140 valence electrons. The molecule has 5 nitrogen and oxygen atoms in total. The standard InChI is InChI=1S/C21H21FN2O3/c1-13-10-15(12-26-13)14-6-7-16(19(25)11-14)18-8-9-21(24-23-18)27-20-5-3-2-4-17(20)22/h6-12,17,20,25H,2-5H2,1H3/t17-,20+/m0/s1. The van der Waals surface area contributed by atoms with Crippen molar-refractivity contribution in [2.75, 3.05) is 0 Å². The van der Waals surface area contributed by atoms with Gasteiger partial charge in [0.15, 0.2) is 0 Å². The first kappa shape index (κ1) is 17.5. The zero-order valence-electron chi connectivity index (χ0n) is 15.1. The van der Waals surface area contributed by atoms with Crippen LogP contribution in [0.2, 0.25) is 0 Å². The molecule has 2 heterocycles. The van der Waals surface area contributed by atoms with Gasteiger partial charge >= 0.3 is 0 Å². The number of halogens is 1. The lowest BCUT2D eigenvalue weighted by atomic mass is 9.96. The minimum atomic E-state index is -0.955. The normalized spacial score (nSPS) is 19.8. The van der Waals surface area contributed by atoms with Crippen molar-refractivity contribution in [3.8, 4) is 34.0 Å². The van der Waals surface area contributed by atoms with E-state index in [1.807, 2.05) is 19.1 Å². The Morgan fingerprint density at radius 3 is 2.59 bits per heavy atom. The number of rotatable bonds is 4. The SMILES string of the molecule is Cc1cc(-c2ccc(-c3ccc(O[C@@H]4CCCC[C@@H]4F)nn3)c(O)c2)co1. The summed E-state index contributed by atoms with van der Waals surface area (Å²) in [5.74, 6) is 1.22. The van der Waals surface area contributed by atoms with Crippen molar-refractivity contribution in [2.24, 2.45) is 0 Å². The number of phenols is 1. The number of aryl methyl sites for hydroxylation is 1. The first-order valence-electron chi connectivity index (χ1n) is 9.13. The van der Waals surface area contributed by atoms with Crippen LogP contribution in [0.3, 0.4) is 0 Å². The number of ether oxygens (including phenoxy) is 1. The van der Waals surface area contributed by atoms with Gasteiger partial charge in [0, 0.05) is 17.2 Å². The van der Waals surface area contributed by atoms with Crippen molar-refractivity contribution in [3.05, 3.63) is 48.4 Å². The fraction of sp³-hybridized carbons (Fsp3) is 0.333. The maximum absolute atomic E-state index is 13.9. The molecule has 27 heavy (non-hydrogen) atoms. The molecule has 4 rings (SSSR count). The summed E-state index contributed by atoms with van der Waals surface area (Å²) in [7, 11) is 0. The minimum Gasteiger partial charge on any atom is -0.507 e. The van der Waals surface area contributed by atoms with Crippen molar-refractivity contribution >= 4 is 0 Å². The molecule has 0 bridgehead atoms. The molecule has 1 aromatic carbocycles.